The van der Waals surface area contributed by atoms with Crippen LogP contribution in [0.2, 0.25) is 0 Å². The minimum Gasteiger partial charge on any atom is -0.361 e. The number of nitrogens with one attached hydrogen (secondary N) is 1. The molecule has 23 heavy (non-hydrogen) atoms. The van der Waals surface area contributed by atoms with Gasteiger partial charge in [0.25, 0.3) is 0 Å². The minimum absolute atomic E-state index is 0.177. The van der Waals surface area contributed by atoms with Crippen molar-refractivity contribution in [2.45, 2.75) is 12.8 Å². The number of amidine groups is 1. The first-order valence-corrected chi connectivity index (χ1v) is 8.68. The van der Waals surface area contributed by atoms with Gasteiger partial charge in [0.05, 0.1) is 0 Å². The highest BCUT2D eigenvalue weighted by atomic mass is 32.2. The molecule has 7 heteroatoms. The van der Waals surface area contributed by atoms with Gasteiger partial charge >= 0.3 is 0 Å². The number of H-pyrrole nitrogens is 1. The van der Waals surface area contributed by atoms with E-state index in [4.69, 9.17) is 0 Å². The molecule has 0 bridgehead atoms. The Balaban J connectivity index is 1.68. The SMILES string of the molecule is O=S1(O)=c2cccnc2=NC(CCc2c[nH]c3ccccc23)=N1. The van der Waals surface area contributed by atoms with Crippen LogP contribution in [0.15, 0.2) is 58.2 Å². The first-order valence-electron chi connectivity index (χ1n) is 7.21. The van der Waals surface area contributed by atoms with Crippen molar-refractivity contribution in [3.05, 3.63) is 64.4 Å². The zero-order valence-electron chi connectivity index (χ0n) is 12.1. The molecule has 6 nitrogen and oxygen atoms in total. The molecule has 2 aromatic heterocycles. The van der Waals surface area contributed by atoms with Crippen LogP contribution in [0.4, 0.5) is 0 Å². The van der Waals surface area contributed by atoms with Crippen molar-refractivity contribution in [3.8, 4) is 0 Å². The van der Waals surface area contributed by atoms with Gasteiger partial charge in [0.1, 0.15) is 10.3 Å². The predicted octanol–water partition coefficient (Wildman–Crippen LogP) is 2.15. The summed E-state index contributed by atoms with van der Waals surface area (Å²) in [6, 6.07) is 11.2. The van der Waals surface area contributed by atoms with E-state index in [1.807, 2.05) is 30.5 Å². The lowest BCUT2D eigenvalue weighted by Crippen LogP contribution is -2.21. The number of aryl methyl sites for hydroxylation is 1. The summed E-state index contributed by atoms with van der Waals surface area (Å²) in [7, 11) is -3.45. The van der Waals surface area contributed by atoms with E-state index < -0.39 is 9.99 Å². The molecule has 1 aromatic carbocycles. The molecule has 2 N–H and O–H groups in total. The topological polar surface area (TPSA) is 90.7 Å². The molecular formula is C16H14N4O2S. The molecule has 0 aliphatic carbocycles. The molecule has 3 heterocycles. The third-order valence-electron chi connectivity index (χ3n) is 3.79. The molecule has 0 amide bonds. The van der Waals surface area contributed by atoms with Crippen LogP contribution in [0, 0.1) is 4.51 Å². The van der Waals surface area contributed by atoms with Crippen LogP contribution in [0.3, 0.4) is 0 Å². The van der Waals surface area contributed by atoms with E-state index in [1.54, 1.807) is 12.3 Å². The summed E-state index contributed by atoms with van der Waals surface area (Å²) >= 11 is 0. The minimum atomic E-state index is -3.45. The first-order chi connectivity index (χ1) is 11.1. The lowest BCUT2D eigenvalue weighted by Gasteiger charge is -2.06. The summed E-state index contributed by atoms with van der Waals surface area (Å²) in [6.45, 7) is 0. The average molecular weight is 326 g/mol. The zero-order valence-corrected chi connectivity index (χ0v) is 13.0. The van der Waals surface area contributed by atoms with Gasteiger partial charge in [-0.1, -0.05) is 18.2 Å². The maximum absolute atomic E-state index is 12.3. The van der Waals surface area contributed by atoms with Gasteiger partial charge in [-0.3, -0.25) is 4.55 Å². The summed E-state index contributed by atoms with van der Waals surface area (Å²) in [5.74, 6) is 0.356. The van der Waals surface area contributed by atoms with Crippen LogP contribution >= 0.6 is 0 Å². The Bertz CT molecular complexity index is 1140. The second kappa shape index (κ2) is 5.29. The lowest BCUT2D eigenvalue weighted by molar-refractivity contribution is 0.556. The van der Waals surface area contributed by atoms with Crippen LogP contribution in [0.25, 0.3) is 10.9 Å². The van der Waals surface area contributed by atoms with Crippen LogP contribution in [-0.2, 0) is 16.4 Å². The Labute approximate surface area is 132 Å². The number of nitrogens with zero attached hydrogens (tertiary/aromatic N) is 3. The summed E-state index contributed by atoms with van der Waals surface area (Å²) in [6.07, 6.45) is 4.68. The molecule has 0 saturated heterocycles. The van der Waals surface area contributed by atoms with Gasteiger partial charge in [-0.05, 0) is 30.2 Å². The fourth-order valence-corrected chi connectivity index (χ4v) is 3.80. The number of fused-ring (bicyclic) bond motifs is 2. The van der Waals surface area contributed by atoms with E-state index in [-0.39, 0.29) is 10.00 Å². The van der Waals surface area contributed by atoms with Crippen molar-refractivity contribution in [1.29, 1.82) is 0 Å². The van der Waals surface area contributed by atoms with E-state index in [0.29, 0.717) is 18.7 Å². The van der Waals surface area contributed by atoms with Crippen molar-refractivity contribution in [2.75, 3.05) is 0 Å². The van der Waals surface area contributed by atoms with E-state index >= 15 is 0 Å². The fraction of sp³-hybridized carbons (Fsp3) is 0.125. The monoisotopic (exact) mass is 326 g/mol. The van der Waals surface area contributed by atoms with Gasteiger partial charge in [0, 0.05) is 29.7 Å². The van der Waals surface area contributed by atoms with Gasteiger partial charge < -0.3 is 4.98 Å². The van der Waals surface area contributed by atoms with Crippen molar-refractivity contribution < 1.29 is 8.76 Å². The quantitative estimate of drug-likeness (QED) is 0.723. The lowest BCUT2D eigenvalue weighted by atomic mass is 10.1. The highest BCUT2D eigenvalue weighted by molar-refractivity contribution is 7.88. The van der Waals surface area contributed by atoms with Crippen molar-refractivity contribution in [1.82, 2.24) is 9.97 Å². The molecule has 1 atom stereocenters. The van der Waals surface area contributed by atoms with Gasteiger partial charge in [-0.2, -0.15) is 4.40 Å². The molecule has 1 unspecified atom stereocenters. The number of aromatic nitrogens is 2. The maximum Gasteiger partial charge on any atom is 0.200 e. The second-order valence-electron chi connectivity index (χ2n) is 5.30. The Morgan fingerprint density at radius 3 is 2.91 bits per heavy atom. The standard InChI is InChI=1S/C16H14N4O2S/c21-23(22)14-6-3-9-17-16(14)19-15(20-23)8-7-11-10-18-13-5-2-1-4-12(11)13/h1-6,9-10,18H,7-8H2,(H,17,19,20,21,22). The number of aromatic amines is 1. The van der Waals surface area contributed by atoms with Crippen LogP contribution < -0.4 is 5.49 Å². The number of para-hydroxylation sites is 1. The Hall–Kier alpha value is -2.51. The molecule has 0 fully saturated rings. The van der Waals surface area contributed by atoms with Crippen LogP contribution in [-0.4, -0.2) is 24.6 Å². The molecule has 1 aliphatic rings. The van der Waals surface area contributed by atoms with Gasteiger partial charge in [0.2, 0.25) is 9.99 Å². The van der Waals surface area contributed by atoms with Crippen LogP contribution in [0.5, 0.6) is 0 Å². The third kappa shape index (κ3) is 2.54. The molecule has 1 aliphatic heterocycles. The van der Waals surface area contributed by atoms with E-state index in [2.05, 4.69) is 19.4 Å². The molecular weight excluding hydrogens is 312 g/mol. The summed E-state index contributed by atoms with van der Waals surface area (Å²) < 4.78 is 26.4. The average Bonchev–Trinajstić information content (AvgIpc) is 2.96. The number of hydrogen-bond donors (Lipinski definition) is 2. The van der Waals surface area contributed by atoms with E-state index in [0.717, 1.165) is 16.5 Å². The number of benzene rings is 1. The van der Waals surface area contributed by atoms with E-state index in [1.165, 1.54) is 6.07 Å². The summed E-state index contributed by atoms with van der Waals surface area (Å²) in [4.78, 5) is 11.6. The van der Waals surface area contributed by atoms with Crippen molar-refractivity contribution in [3.63, 3.8) is 0 Å². The van der Waals surface area contributed by atoms with Crippen LogP contribution in [0.1, 0.15) is 12.0 Å². The fourth-order valence-electron chi connectivity index (χ4n) is 2.69. The van der Waals surface area contributed by atoms with Gasteiger partial charge in [-0.25, -0.2) is 14.2 Å². The number of pyridine rings is 1. The Morgan fingerprint density at radius 1 is 1.13 bits per heavy atom. The predicted molar refractivity (Wildman–Crippen MR) is 89.1 cm³/mol. The molecule has 0 spiro atoms. The largest absolute Gasteiger partial charge is 0.361 e. The summed E-state index contributed by atoms with van der Waals surface area (Å²) in [5, 5.41) is 1.15. The van der Waals surface area contributed by atoms with Gasteiger partial charge in [-0.15, -0.1) is 0 Å². The molecule has 3 aromatic rings. The molecule has 4 rings (SSSR count). The second-order valence-corrected chi connectivity index (χ2v) is 6.92. The number of hydrogen-bond acceptors (Lipinski definition) is 3. The normalized spacial score (nSPS) is 20.0. The highest BCUT2D eigenvalue weighted by Gasteiger charge is 2.13. The zero-order chi connectivity index (χ0) is 15.9. The first kappa shape index (κ1) is 14.1. The van der Waals surface area contributed by atoms with Crippen molar-refractivity contribution >= 4 is 26.7 Å². The summed E-state index contributed by atoms with van der Waals surface area (Å²) in [5.41, 5.74) is 2.49. The molecule has 116 valence electrons. The maximum atomic E-state index is 12.3. The Kier molecular flexibility index (Phi) is 3.24. The third-order valence-corrected chi connectivity index (χ3v) is 5.14. The molecule has 0 radical (unpaired) electrons. The molecule has 0 saturated carbocycles. The van der Waals surface area contributed by atoms with Gasteiger partial charge in [0.15, 0.2) is 5.49 Å². The number of rotatable bonds is 3. The van der Waals surface area contributed by atoms with Crippen molar-refractivity contribution in [2.24, 2.45) is 9.39 Å². The highest BCUT2D eigenvalue weighted by Crippen LogP contribution is 2.19. The van der Waals surface area contributed by atoms with E-state index in [9.17, 15) is 8.76 Å². The smallest absolute Gasteiger partial charge is 0.200 e. The Morgan fingerprint density at radius 2 is 2.00 bits per heavy atom.